The molecule has 3 aliphatic rings. The average molecular weight is 1430 g/mol. The molecule has 0 radical (unpaired) electrons. The van der Waals surface area contributed by atoms with Gasteiger partial charge in [-0.2, -0.15) is 39.5 Å². The smallest absolute Gasteiger partial charge is 0.418 e. The molecular formula is C78H59F11N6O9. The average Bonchev–Trinajstić information content (AvgIpc) is 1.36. The zero-order valence-corrected chi connectivity index (χ0v) is 54.6. The summed E-state index contributed by atoms with van der Waals surface area (Å²) in [6, 6.07) is 36.9. The summed E-state index contributed by atoms with van der Waals surface area (Å²) in [5, 5.41) is -0.479. The maximum Gasteiger partial charge on any atom is 0.418 e. The molecule has 3 amide bonds. The van der Waals surface area contributed by atoms with E-state index in [9.17, 15) is 77.1 Å². The summed E-state index contributed by atoms with van der Waals surface area (Å²) in [5.74, 6) is -2.03. The van der Waals surface area contributed by atoms with Crippen LogP contribution in [0.2, 0.25) is 0 Å². The maximum atomic E-state index is 13.9. The zero-order chi connectivity index (χ0) is 73.4. The summed E-state index contributed by atoms with van der Waals surface area (Å²) < 4.78 is 167. The number of carbonyl (C=O) groups excluding carboxylic acids is 3. The number of amides is 3. The van der Waals surface area contributed by atoms with E-state index >= 15 is 0 Å². The van der Waals surface area contributed by atoms with Crippen molar-refractivity contribution in [1.82, 2.24) is 29.7 Å². The Labute approximate surface area is 582 Å². The number of aromatic amines is 3. The van der Waals surface area contributed by atoms with E-state index in [0.29, 0.717) is 88.1 Å². The van der Waals surface area contributed by atoms with Gasteiger partial charge in [-0.05, 0) is 162 Å². The molecule has 532 valence electrons. The molecule has 15 nitrogen and oxygen atoms in total. The van der Waals surface area contributed by atoms with Crippen LogP contribution in [0.1, 0.15) is 109 Å². The number of benzene rings is 6. The lowest BCUT2D eigenvalue weighted by molar-refractivity contribution is -0.137. The van der Waals surface area contributed by atoms with Gasteiger partial charge in [-0.3, -0.25) is 28.8 Å². The third kappa shape index (κ3) is 15.2. The van der Waals surface area contributed by atoms with Crippen molar-refractivity contribution in [3.05, 3.63) is 288 Å². The number of piperidine rings is 2. The van der Waals surface area contributed by atoms with Gasteiger partial charge in [0.25, 0.3) is 17.7 Å². The molecule has 0 atom stereocenters. The number of nitrogens with zero attached hydrogens (tertiary/aromatic N) is 3. The lowest BCUT2D eigenvalue weighted by Gasteiger charge is -2.32. The largest absolute Gasteiger partial charge is 0.472 e. The first-order valence-electron chi connectivity index (χ1n) is 32.8. The minimum absolute atomic E-state index is 0.0728. The van der Waals surface area contributed by atoms with Gasteiger partial charge in [0.05, 0.1) is 70.8 Å². The number of nitrogens with one attached hydrogen (secondary N) is 3. The van der Waals surface area contributed by atoms with Crippen LogP contribution in [0.4, 0.5) is 48.3 Å². The van der Waals surface area contributed by atoms with Gasteiger partial charge in [-0.15, -0.1) is 0 Å². The van der Waals surface area contributed by atoms with Crippen LogP contribution < -0.4 is 16.3 Å². The predicted octanol–water partition coefficient (Wildman–Crippen LogP) is 17.7. The van der Waals surface area contributed by atoms with E-state index in [1.807, 2.05) is 42.5 Å². The van der Waals surface area contributed by atoms with Gasteiger partial charge in [0.1, 0.15) is 28.7 Å². The van der Waals surface area contributed by atoms with Gasteiger partial charge in [-0.1, -0.05) is 60.7 Å². The molecule has 15 rings (SSSR count). The van der Waals surface area contributed by atoms with Gasteiger partial charge in [0.15, 0.2) is 16.3 Å². The number of carbonyl (C=O) groups is 3. The second-order valence-corrected chi connectivity index (χ2v) is 25.3. The first-order chi connectivity index (χ1) is 49.7. The quantitative estimate of drug-likeness (QED) is 0.118. The van der Waals surface area contributed by atoms with Gasteiger partial charge in [0, 0.05) is 90.3 Å². The number of furan rings is 3. The Kier molecular flexibility index (Phi) is 19.6. The highest BCUT2D eigenvalue weighted by Crippen LogP contribution is 2.41. The molecule has 0 aliphatic carbocycles. The van der Waals surface area contributed by atoms with Gasteiger partial charge < -0.3 is 42.9 Å². The lowest BCUT2D eigenvalue weighted by atomic mass is 9.89. The Morgan fingerprint density at radius 2 is 0.779 bits per heavy atom. The number of hydrogen-bond acceptors (Lipinski definition) is 9. The molecule has 9 heterocycles. The van der Waals surface area contributed by atoms with Crippen molar-refractivity contribution in [3.63, 3.8) is 0 Å². The summed E-state index contributed by atoms with van der Waals surface area (Å²) in [6.07, 6.45) is -1.42. The Morgan fingerprint density at radius 1 is 0.385 bits per heavy atom. The van der Waals surface area contributed by atoms with E-state index < -0.39 is 85.8 Å². The summed E-state index contributed by atoms with van der Waals surface area (Å²) in [5.41, 5.74) is -1.18. The second-order valence-electron chi connectivity index (χ2n) is 25.3. The molecule has 12 aromatic rings. The van der Waals surface area contributed by atoms with Crippen LogP contribution in [0.5, 0.6) is 0 Å². The molecule has 6 aromatic heterocycles. The summed E-state index contributed by atoms with van der Waals surface area (Å²) in [4.78, 5) is 90.1. The van der Waals surface area contributed by atoms with Crippen LogP contribution in [-0.4, -0.2) is 86.6 Å². The molecule has 3 aliphatic heterocycles. The zero-order valence-electron chi connectivity index (χ0n) is 54.6. The first kappa shape index (κ1) is 70.6. The minimum atomic E-state index is -4.76. The molecule has 26 heteroatoms. The number of pyridine rings is 3. The van der Waals surface area contributed by atoms with E-state index in [0.717, 1.165) is 58.7 Å². The normalized spacial score (nSPS) is 14.8. The first-order valence-corrected chi connectivity index (χ1v) is 32.8. The van der Waals surface area contributed by atoms with Crippen molar-refractivity contribution >= 4 is 56.0 Å². The Balaban J connectivity index is 0.000000139. The SMILES string of the molecule is O=C(c1cc(=O)c2cc(-c3ccoc3)cc(C(F)(F)F)c2[nH]1)N1CC=C(c2ccccc2)CC1.O=C(c1cc(=O)c2cc(-c3ccoc3)cc(C(F)(F)F)c2[nH]1)N1CCC(c2ccc(F)cc2)CC1.O=C(c1cc(=O)c2cc(-c3ccoc3)cc(C(F)(F)F)c2[nH]1)N1CCC(c2cccc(F)c2)CC1. The van der Waals surface area contributed by atoms with Gasteiger partial charge in [-0.25, -0.2) is 8.78 Å². The Morgan fingerprint density at radius 3 is 1.13 bits per heavy atom. The molecule has 0 bridgehead atoms. The molecule has 0 unspecified atom stereocenters. The summed E-state index contributed by atoms with van der Waals surface area (Å²) >= 11 is 0. The van der Waals surface area contributed by atoms with Crippen molar-refractivity contribution in [3.8, 4) is 33.4 Å². The second kappa shape index (κ2) is 28.9. The fourth-order valence-corrected chi connectivity index (χ4v) is 13.5. The van der Waals surface area contributed by atoms with Gasteiger partial charge >= 0.3 is 18.5 Å². The number of fused-ring (bicyclic) bond motifs is 3. The molecule has 2 saturated heterocycles. The topological polar surface area (TPSA) is 199 Å². The number of halogens is 11. The molecule has 2 fully saturated rings. The monoisotopic (exact) mass is 1430 g/mol. The van der Waals surface area contributed by atoms with Crippen LogP contribution >= 0.6 is 0 Å². The number of likely N-dealkylation sites (tertiary alicyclic amines) is 2. The summed E-state index contributed by atoms with van der Waals surface area (Å²) in [7, 11) is 0. The van der Waals surface area contributed by atoms with Crippen molar-refractivity contribution in [2.45, 2.75) is 62.5 Å². The van der Waals surface area contributed by atoms with E-state index in [2.05, 4.69) is 15.0 Å². The number of hydrogen-bond donors (Lipinski definition) is 3. The van der Waals surface area contributed by atoms with Crippen molar-refractivity contribution in [1.29, 1.82) is 0 Å². The standard InChI is InChI=1S/2C26H20F4N2O3.C26H19F3N2O3/c27-19-3-1-15(2-4-19)16-5-8-32(9-6-16)25(34)22-13-23(33)20-11-18(17-7-10-35-14-17)12-21(24(20)31-22)26(28,29)30;27-19-3-1-2-16(10-19)15-4-7-32(8-5-15)25(34)22-13-23(33)20-11-18(17-6-9-35-14-17)12-21(24(20)31-22)26(28,29)30;27-26(28,29)21-13-19(18-8-11-34-15-18)12-20-23(32)14-22(30-24(20)21)25(33)31-9-6-17(7-10-31)16-4-2-1-3-5-16/h1-4,7,10-14,16H,5-6,8-9H2,(H,31,33);1-3,6,9-15H,4-5,7-8H2,(H,31,33);1-6,8,11-15H,7,9-10H2,(H,30,32). The third-order valence-electron chi connectivity index (χ3n) is 18.9. The fourth-order valence-electron chi connectivity index (χ4n) is 13.5. The molecular weight excluding hydrogens is 1370 g/mol. The van der Waals surface area contributed by atoms with Crippen LogP contribution in [0.15, 0.2) is 223 Å². The van der Waals surface area contributed by atoms with Crippen LogP contribution in [0.3, 0.4) is 0 Å². The summed E-state index contributed by atoms with van der Waals surface area (Å²) in [6.45, 7) is 2.11. The maximum absolute atomic E-state index is 13.9. The highest BCUT2D eigenvalue weighted by molar-refractivity contribution is 5.99. The number of alkyl halides is 9. The highest BCUT2D eigenvalue weighted by Gasteiger charge is 2.38. The number of H-pyrrole nitrogens is 3. The van der Waals surface area contributed by atoms with Crippen LogP contribution in [-0.2, 0) is 18.5 Å². The van der Waals surface area contributed by atoms with E-state index in [1.54, 1.807) is 18.2 Å². The molecule has 6 aromatic carbocycles. The van der Waals surface area contributed by atoms with Crippen molar-refractivity contribution in [2.24, 2.45) is 0 Å². The Hall–Kier alpha value is -11.8. The number of rotatable bonds is 9. The molecule has 0 saturated carbocycles. The predicted molar refractivity (Wildman–Crippen MR) is 365 cm³/mol. The highest BCUT2D eigenvalue weighted by atomic mass is 19.4. The minimum Gasteiger partial charge on any atom is -0.472 e. The van der Waals surface area contributed by atoms with Gasteiger partial charge in [0.2, 0.25) is 0 Å². The Bertz CT molecular complexity index is 5400. The van der Waals surface area contributed by atoms with E-state index in [-0.39, 0.29) is 73.4 Å². The van der Waals surface area contributed by atoms with E-state index in [4.69, 9.17) is 13.3 Å². The van der Waals surface area contributed by atoms with Crippen molar-refractivity contribution < 1.29 is 75.9 Å². The van der Waals surface area contributed by atoms with Crippen LogP contribution in [0.25, 0.3) is 71.7 Å². The fraction of sp³-hybridized carbons (Fsp3) is 0.205. The van der Waals surface area contributed by atoms with Crippen molar-refractivity contribution in [2.75, 3.05) is 39.3 Å². The molecule has 104 heavy (non-hydrogen) atoms. The molecule has 0 spiro atoms. The lowest BCUT2D eigenvalue weighted by Crippen LogP contribution is -2.38. The number of aromatic nitrogens is 3. The molecule has 3 N–H and O–H groups in total. The third-order valence-corrected chi connectivity index (χ3v) is 18.9. The van der Waals surface area contributed by atoms with E-state index in [1.165, 1.54) is 113 Å². The van der Waals surface area contributed by atoms with Crippen LogP contribution in [0, 0.1) is 11.6 Å².